The third-order valence-electron chi connectivity index (χ3n) is 14.6. The molecular weight excluding hydrogens is 1030 g/mol. The molecule has 2 atom stereocenters. The number of fused-ring (bicyclic) bond motifs is 10. The molecule has 16 nitrogen and oxygen atoms in total. The van der Waals surface area contributed by atoms with Gasteiger partial charge in [0.25, 0.3) is 11.1 Å². The molecule has 384 valence electrons. The van der Waals surface area contributed by atoms with Gasteiger partial charge in [-0.1, -0.05) is 88.5 Å². The molecule has 6 aromatic rings. The second-order valence-corrected chi connectivity index (χ2v) is 31.8. The van der Waals surface area contributed by atoms with Gasteiger partial charge in [-0.25, -0.2) is 19.6 Å². The van der Waals surface area contributed by atoms with Gasteiger partial charge in [0.2, 0.25) is 0 Å². The van der Waals surface area contributed by atoms with Gasteiger partial charge in [0.15, 0.2) is 11.2 Å². The largest absolute Gasteiger partial charge is 1.00 e. The van der Waals surface area contributed by atoms with Crippen LogP contribution in [-0.2, 0) is 83.7 Å². The summed E-state index contributed by atoms with van der Waals surface area (Å²) in [6, 6.07) is 21.4. The molecule has 2 aromatic carbocycles. The molecule has 0 saturated carbocycles. The zero-order chi connectivity index (χ0) is 52.9. The number of alkyl halides is 1. The van der Waals surface area contributed by atoms with E-state index >= 15 is 0 Å². The molecule has 74 heavy (non-hydrogen) atoms. The summed E-state index contributed by atoms with van der Waals surface area (Å²) in [6.45, 7) is 15.3. The van der Waals surface area contributed by atoms with Gasteiger partial charge in [0.1, 0.15) is 13.2 Å². The topological polar surface area (TPSA) is 229 Å². The predicted molar refractivity (Wildman–Crippen MR) is 279 cm³/mol. The minimum Gasteiger partial charge on any atom is -0.550 e. The number of hydrogen-bond acceptors (Lipinski definition) is 14. The molecular formula is C54H60ClKN4O12Si2. The second kappa shape index (κ2) is 22.1. The number of benzene rings is 2. The van der Waals surface area contributed by atoms with Crippen LogP contribution < -0.4 is 67.6 Å². The molecule has 0 unspecified atom stereocenters. The Hall–Kier alpha value is -4.68. The maximum absolute atomic E-state index is 13.5. The van der Waals surface area contributed by atoms with Gasteiger partial charge in [0, 0.05) is 51.4 Å². The molecule has 2 N–H and O–H groups in total. The fourth-order valence-electron chi connectivity index (χ4n) is 10.2. The average molecular weight is 1090 g/mol. The summed E-state index contributed by atoms with van der Waals surface area (Å²) < 4.78 is 19.1. The van der Waals surface area contributed by atoms with E-state index in [0.29, 0.717) is 64.2 Å². The fraction of sp³-hybridized carbons (Fsp3) is 0.407. The van der Waals surface area contributed by atoms with Crippen LogP contribution in [0.2, 0.25) is 38.3 Å². The first-order chi connectivity index (χ1) is 34.5. The summed E-state index contributed by atoms with van der Waals surface area (Å²) in [7, 11) is -3.37. The molecule has 4 aliphatic rings. The van der Waals surface area contributed by atoms with Crippen LogP contribution in [-0.4, -0.2) is 81.1 Å². The van der Waals surface area contributed by atoms with Crippen molar-refractivity contribution in [3.63, 3.8) is 0 Å². The SMILES string of the molecule is CC(=O)[O-].CC[C@@]1(O)C(=O)OCc2c1cc1n(c2=O)Cc2c-1nc1ccccc1c2CC[Si](C)(C)CCl.CC[C@@]1(O)C(=O)OCc2c1cc1n(c2=O)Cc2c-1nc1ccccc1c2CC[Si](C)(C)COC(C)=O.[K+]. The van der Waals surface area contributed by atoms with Gasteiger partial charge in [0.05, 0.1) is 80.4 Å². The molecule has 4 aliphatic heterocycles. The van der Waals surface area contributed by atoms with Crippen molar-refractivity contribution in [2.24, 2.45) is 0 Å². The molecule has 0 spiro atoms. The number of carboxylic acids is 1. The minimum atomic E-state index is -1.85. The zero-order valence-corrected chi connectivity index (χ0v) is 49.3. The summed E-state index contributed by atoms with van der Waals surface area (Å²) in [5.74, 6) is -2.79. The number of ether oxygens (including phenoxy) is 3. The third kappa shape index (κ3) is 10.7. The van der Waals surface area contributed by atoms with Crippen LogP contribution in [0.1, 0.15) is 85.0 Å². The first-order valence-corrected chi connectivity index (χ1v) is 31.9. The first kappa shape index (κ1) is 57.0. The summed E-state index contributed by atoms with van der Waals surface area (Å²) in [6.07, 6.45) is 2.34. The van der Waals surface area contributed by atoms with Gasteiger partial charge in [-0.05, 0) is 68.0 Å². The minimum absolute atomic E-state index is 0. The van der Waals surface area contributed by atoms with Crippen LogP contribution in [0.5, 0.6) is 0 Å². The van der Waals surface area contributed by atoms with Crippen molar-refractivity contribution < 1.29 is 100 Å². The summed E-state index contributed by atoms with van der Waals surface area (Å²) in [5, 5.41) is 33.2. The Balaban J connectivity index is 0.000000200. The zero-order valence-electron chi connectivity index (χ0n) is 43.4. The number of cyclic esters (lactones) is 2. The molecule has 0 fully saturated rings. The van der Waals surface area contributed by atoms with E-state index in [2.05, 4.69) is 38.3 Å². The maximum atomic E-state index is 13.5. The number of aliphatic carboxylic acids is 1. The van der Waals surface area contributed by atoms with Crippen molar-refractivity contribution in [1.82, 2.24) is 19.1 Å². The Bertz CT molecular complexity index is 3390. The van der Waals surface area contributed by atoms with Gasteiger partial charge in [-0.2, -0.15) is 0 Å². The van der Waals surface area contributed by atoms with Gasteiger partial charge < -0.3 is 43.5 Å². The number of aliphatic hydroxyl groups is 2. The number of aromatic nitrogens is 4. The number of aryl methyl sites for hydroxylation is 2. The molecule has 10 rings (SSSR count). The number of carbonyl (C=O) groups excluding carboxylic acids is 4. The van der Waals surface area contributed by atoms with Gasteiger partial charge >= 0.3 is 69.3 Å². The summed E-state index contributed by atoms with van der Waals surface area (Å²) >= 11 is 6.25. The molecule has 20 heteroatoms. The number of esters is 3. The Morgan fingerprint density at radius 1 is 0.703 bits per heavy atom. The standard InChI is InChI=1S/C27H30N2O6Si.C25H27ClN2O4Si.C2H4O2.K/c1-5-27(33)21-12-23-24-19(13-29(23)25(31)20(21)14-34-26(27)32)17(18-8-6-7-9-22(18)28-24)10-11-36(3,4)15-35-16(2)30;1-4-25(31)19-11-21-22-17(12-28(21)23(29)18(19)13-32-24(25)30)15(9-10-33(2,3)14-26)16-7-5-6-8-20(16)27-22;1-2(3)4;/h6-9,12,33H,5,10-11,13-15H2,1-4H3;5-8,11,31H,4,9-10,12-14H2,1-3H3;1H3,(H,3,4);/q;;;+1/p-1/t27-;25-;;/m00../s1. The number of nitrogens with zero attached hydrogens (tertiary/aromatic N) is 4. The number of carbonyl (C=O) groups is 4. The number of rotatable bonds is 11. The summed E-state index contributed by atoms with van der Waals surface area (Å²) in [4.78, 5) is 82.0. The Morgan fingerprint density at radius 2 is 1.09 bits per heavy atom. The molecule has 4 aromatic heterocycles. The Labute approximate surface area is 477 Å². The van der Waals surface area contributed by atoms with Crippen LogP contribution in [0, 0.1) is 0 Å². The monoisotopic (exact) mass is 1090 g/mol. The van der Waals surface area contributed by atoms with Crippen LogP contribution in [0.3, 0.4) is 0 Å². The van der Waals surface area contributed by atoms with E-state index in [-0.39, 0.29) is 94.5 Å². The molecule has 0 aliphatic carbocycles. The third-order valence-corrected chi connectivity index (χ3v) is 21.6. The van der Waals surface area contributed by atoms with Crippen LogP contribution in [0.25, 0.3) is 44.6 Å². The fourth-order valence-corrected chi connectivity index (χ4v) is 13.3. The second-order valence-electron chi connectivity index (χ2n) is 20.8. The van der Waals surface area contributed by atoms with Crippen LogP contribution in [0.15, 0.2) is 70.3 Å². The van der Waals surface area contributed by atoms with Crippen LogP contribution in [0.4, 0.5) is 0 Å². The predicted octanol–water partition coefficient (Wildman–Crippen LogP) is 3.30. The van der Waals surface area contributed by atoms with Crippen molar-refractivity contribution in [1.29, 1.82) is 0 Å². The number of hydrogen-bond donors (Lipinski definition) is 2. The van der Waals surface area contributed by atoms with E-state index in [1.54, 1.807) is 35.1 Å². The number of para-hydroxylation sites is 2. The normalized spacial score (nSPS) is 17.9. The first-order valence-electron chi connectivity index (χ1n) is 24.5. The van der Waals surface area contributed by atoms with E-state index < -0.39 is 45.3 Å². The van der Waals surface area contributed by atoms with Crippen molar-refractivity contribution in [2.75, 3.05) is 11.7 Å². The maximum Gasteiger partial charge on any atom is 1.00 e. The quantitative estimate of drug-likeness (QED) is 0.0821. The Morgan fingerprint density at radius 3 is 1.47 bits per heavy atom. The van der Waals surface area contributed by atoms with Gasteiger partial charge in [-0.3, -0.25) is 14.4 Å². The molecule has 0 amide bonds. The number of halogens is 1. The van der Waals surface area contributed by atoms with E-state index in [1.807, 2.05) is 36.4 Å². The smallest absolute Gasteiger partial charge is 0.550 e. The van der Waals surface area contributed by atoms with E-state index in [4.69, 9.17) is 45.7 Å². The number of carboxylic acid groups (broad SMARTS) is 1. The van der Waals surface area contributed by atoms with Crippen molar-refractivity contribution in [2.45, 2.75) is 129 Å². The van der Waals surface area contributed by atoms with Crippen LogP contribution >= 0.6 is 11.6 Å². The van der Waals surface area contributed by atoms with Crippen molar-refractivity contribution >= 4 is 73.4 Å². The molecule has 0 saturated heterocycles. The number of pyridine rings is 4. The average Bonchev–Trinajstić information content (AvgIpc) is 3.92. The molecule has 0 bridgehead atoms. The van der Waals surface area contributed by atoms with Gasteiger partial charge in [-0.15, -0.1) is 11.6 Å². The van der Waals surface area contributed by atoms with E-state index in [1.165, 1.54) is 12.5 Å². The molecule has 0 radical (unpaired) electrons. The van der Waals surface area contributed by atoms with E-state index in [9.17, 15) is 34.2 Å². The summed E-state index contributed by atoms with van der Waals surface area (Å²) in [5.41, 5.74) is 6.66. The van der Waals surface area contributed by atoms with E-state index in [0.717, 1.165) is 76.0 Å². The Kier molecular flexibility index (Phi) is 17.0. The molecule has 8 heterocycles. The van der Waals surface area contributed by atoms with Crippen molar-refractivity contribution in [3.05, 3.63) is 126 Å². The van der Waals surface area contributed by atoms with Crippen molar-refractivity contribution in [3.8, 4) is 22.8 Å².